The number of aryl methyl sites for hydroxylation is 1. The van der Waals surface area contributed by atoms with Crippen LogP contribution in [-0.2, 0) is 4.74 Å². The van der Waals surface area contributed by atoms with Crippen molar-refractivity contribution in [2.45, 2.75) is 51.5 Å². The van der Waals surface area contributed by atoms with Gasteiger partial charge in [0.15, 0.2) is 0 Å². The first-order valence-electron chi connectivity index (χ1n) is 6.25. The van der Waals surface area contributed by atoms with Crippen molar-refractivity contribution < 1.29 is 9.84 Å². The molecule has 1 aliphatic rings. The minimum Gasteiger partial charge on any atom is -0.395 e. The van der Waals surface area contributed by atoms with E-state index in [2.05, 4.69) is 37.5 Å². The van der Waals surface area contributed by atoms with Crippen LogP contribution in [-0.4, -0.2) is 23.5 Å². The van der Waals surface area contributed by atoms with Crippen LogP contribution in [0.3, 0.4) is 0 Å². The molecule has 0 unspecified atom stereocenters. The summed E-state index contributed by atoms with van der Waals surface area (Å²) in [6.07, 6.45) is 1.82. The molecular weight excluding hydrogens is 234 g/mol. The van der Waals surface area contributed by atoms with Crippen molar-refractivity contribution in [1.29, 1.82) is 0 Å². The van der Waals surface area contributed by atoms with Gasteiger partial charge in [-0.25, -0.2) is 0 Å². The molecule has 0 amide bonds. The lowest BCUT2D eigenvalue weighted by molar-refractivity contribution is -0.0573. The van der Waals surface area contributed by atoms with Crippen LogP contribution in [0.25, 0.3) is 0 Å². The smallest absolute Gasteiger partial charge is 0.120 e. The summed E-state index contributed by atoms with van der Waals surface area (Å²) in [5, 5.41) is 15.1. The third-order valence-corrected chi connectivity index (χ3v) is 4.65. The summed E-state index contributed by atoms with van der Waals surface area (Å²) < 4.78 is 6.19. The highest BCUT2D eigenvalue weighted by Gasteiger charge is 2.44. The third-order valence-electron chi connectivity index (χ3n) is 3.54. The molecule has 1 aromatic rings. The van der Waals surface area contributed by atoms with Crippen LogP contribution in [0.15, 0.2) is 11.4 Å². The minimum absolute atomic E-state index is 0.00736. The fraction of sp³-hybridized carbons (Fsp3) is 0.692. The summed E-state index contributed by atoms with van der Waals surface area (Å²) in [5.74, 6) is 0. The van der Waals surface area contributed by atoms with Crippen LogP contribution in [0.1, 0.15) is 43.2 Å². The summed E-state index contributed by atoms with van der Waals surface area (Å²) in [5.41, 5.74) is 0.992. The average molecular weight is 255 g/mol. The number of aliphatic hydroxyl groups excluding tert-OH is 1. The van der Waals surface area contributed by atoms with E-state index < -0.39 is 0 Å². The fourth-order valence-electron chi connectivity index (χ4n) is 2.39. The van der Waals surface area contributed by atoms with E-state index in [-0.39, 0.29) is 24.5 Å². The Morgan fingerprint density at radius 3 is 2.65 bits per heavy atom. The Balaban J connectivity index is 2.22. The average Bonchev–Trinajstić information content (AvgIpc) is 2.93. The van der Waals surface area contributed by atoms with Gasteiger partial charge in [-0.2, -0.15) is 0 Å². The number of hydrogen-bond donors (Lipinski definition) is 2. The maximum Gasteiger partial charge on any atom is 0.120 e. The number of ether oxygens (including phenoxy) is 1. The van der Waals surface area contributed by atoms with Crippen molar-refractivity contribution in [1.82, 2.24) is 5.32 Å². The van der Waals surface area contributed by atoms with Gasteiger partial charge in [0.25, 0.3) is 0 Å². The second-order valence-electron chi connectivity index (χ2n) is 4.70. The van der Waals surface area contributed by atoms with Gasteiger partial charge >= 0.3 is 0 Å². The highest BCUT2D eigenvalue weighted by Crippen LogP contribution is 2.39. The second-order valence-corrected chi connectivity index (χ2v) is 5.64. The molecular formula is C13H21NO2S. The lowest BCUT2D eigenvalue weighted by Gasteiger charge is -2.26. The molecule has 1 aromatic heterocycles. The summed E-state index contributed by atoms with van der Waals surface area (Å²) in [6, 6.07) is 2.16. The molecule has 1 aliphatic heterocycles. The van der Waals surface area contributed by atoms with Gasteiger partial charge in [0.05, 0.1) is 12.6 Å². The SMILES string of the molecule is CCC1(CC)N[C@@H](CO)[C@@H](c2cc(C)cs2)O1. The molecule has 17 heavy (non-hydrogen) atoms. The Morgan fingerprint density at radius 1 is 1.47 bits per heavy atom. The van der Waals surface area contributed by atoms with Crippen molar-refractivity contribution in [2.24, 2.45) is 0 Å². The normalized spacial score (nSPS) is 27.5. The van der Waals surface area contributed by atoms with Crippen LogP contribution in [0.2, 0.25) is 0 Å². The molecule has 1 saturated heterocycles. The molecule has 3 nitrogen and oxygen atoms in total. The Labute approximate surface area is 107 Å². The van der Waals surface area contributed by atoms with Gasteiger partial charge in [-0.1, -0.05) is 13.8 Å². The molecule has 0 aliphatic carbocycles. The van der Waals surface area contributed by atoms with Crippen LogP contribution < -0.4 is 5.32 Å². The standard InChI is InChI=1S/C13H21NO2S/c1-4-13(5-2)14-10(7-15)12(16-13)11-6-9(3)8-17-11/h6,8,10,12,14-15H,4-5,7H2,1-3H3/t10-,12-/m0/s1. The largest absolute Gasteiger partial charge is 0.395 e. The zero-order valence-electron chi connectivity index (χ0n) is 10.7. The predicted molar refractivity (Wildman–Crippen MR) is 70.2 cm³/mol. The molecule has 0 radical (unpaired) electrons. The number of hydrogen-bond acceptors (Lipinski definition) is 4. The number of aliphatic hydroxyl groups is 1. The van der Waals surface area contributed by atoms with Gasteiger partial charge in [0.2, 0.25) is 0 Å². The van der Waals surface area contributed by atoms with Crippen molar-refractivity contribution >= 4 is 11.3 Å². The number of thiophene rings is 1. The van der Waals surface area contributed by atoms with Gasteiger partial charge in [-0.3, -0.25) is 5.32 Å². The molecule has 4 heteroatoms. The molecule has 0 spiro atoms. The lowest BCUT2D eigenvalue weighted by atomic mass is 10.1. The molecule has 96 valence electrons. The molecule has 1 fully saturated rings. The first kappa shape index (κ1) is 13.0. The third kappa shape index (κ3) is 2.40. The molecule has 0 saturated carbocycles. The summed E-state index contributed by atoms with van der Waals surface area (Å²) >= 11 is 1.71. The highest BCUT2D eigenvalue weighted by molar-refractivity contribution is 7.10. The Morgan fingerprint density at radius 2 is 2.18 bits per heavy atom. The predicted octanol–water partition coefficient (Wildman–Crippen LogP) is 2.59. The molecule has 2 heterocycles. The fourth-order valence-corrected chi connectivity index (χ4v) is 3.38. The number of nitrogens with one attached hydrogen (secondary N) is 1. The Bertz CT molecular complexity index is 373. The Hall–Kier alpha value is -0.420. The molecule has 0 bridgehead atoms. The summed E-state index contributed by atoms with van der Waals surface area (Å²) in [4.78, 5) is 1.21. The first-order chi connectivity index (χ1) is 8.14. The Kier molecular flexibility index (Phi) is 3.88. The van der Waals surface area contributed by atoms with Crippen molar-refractivity contribution in [3.63, 3.8) is 0 Å². The maximum atomic E-state index is 9.49. The van der Waals surface area contributed by atoms with E-state index >= 15 is 0 Å². The van der Waals surface area contributed by atoms with E-state index in [1.807, 2.05) is 0 Å². The zero-order valence-corrected chi connectivity index (χ0v) is 11.5. The maximum absolute atomic E-state index is 9.49. The minimum atomic E-state index is -0.268. The quantitative estimate of drug-likeness (QED) is 0.869. The highest BCUT2D eigenvalue weighted by atomic mass is 32.1. The lowest BCUT2D eigenvalue weighted by Crippen LogP contribution is -2.44. The zero-order chi connectivity index (χ0) is 12.5. The second kappa shape index (κ2) is 5.06. The van der Waals surface area contributed by atoms with E-state index in [1.165, 1.54) is 10.4 Å². The monoisotopic (exact) mass is 255 g/mol. The molecule has 2 atom stereocenters. The van der Waals surface area contributed by atoms with Gasteiger partial charge < -0.3 is 9.84 Å². The van der Waals surface area contributed by atoms with Gasteiger partial charge in [-0.05, 0) is 36.8 Å². The summed E-state index contributed by atoms with van der Waals surface area (Å²) in [6.45, 7) is 6.44. The molecule has 2 N–H and O–H groups in total. The van der Waals surface area contributed by atoms with E-state index in [0.29, 0.717) is 0 Å². The van der Waals surface area contributed by atoms with Gasteiger partial charge in [-0.15, -0.1) is 11.3 Å². The molecule has 0 aromatic carbocycles. The van der Waals surface area contributed by atoms with E-state index in [9.17, 15) is 5.11 Å². The van der Waals surface area contributed by atoms with Crippen molar-refractivity contribution in [2.75, 3.05) is 6.61 Å². The van der Waals surface area contributed by atoms with Crippen LogP contribution in [0, 0.1) is 6.92 Å². The van der Waals surface area contributed by atoms with E-state index in [4.69, 9.17) is 4.74 Å². The van der Waals surface area contributed by atoms with E-state index in [0.717, 1.165) is 12.8 Å². The van der Waals surface area contributed by atoms with Crippen molar-refractivity contribution in [3.05, 3.63) is 21.9 Å². The van der Waals surface area contributed by atoms with Gasteiger partial charge in [0, 0.05) is 4.88 Å². The van der Waals surface area contributed by atoms with Crippen LogP contribution in [0.4, 0.5) is 0 Å². The number of rotatable bonds is 4. The van der Waals surface area contributed by atoms with E-state index in [1.54, 1.807) is 11.3 Å². The molecule has 2 rings (SSSR count). The first-order valence-corrected chi connectivity index (χ1v) is 7.13. The topological polar surface area (TPSA) is 41.5 Å². The van der Waals surface area contributed by atoms with Gasteiger partial charge in [0.1, 0.15) is 11.8 Å². The van der Waals surface area contributed by atoms with Crippen LogP contribution in [0.5, 0.6) is 0 Å². The van der Waals surface area contributed by atoms with Crippen molar-refractivity contribution in [3.8, 4) is 0 Å². The van der Waals surface area contributed by atoms with Crippen LogP contribution >= 0.6 is 11.3 Å². The summed E-state index contributed by atoms with van der Waals surface area (Å²) in [7, 11) is 0.